The van der Waals surface area contributed by atoms with Gasteiger partial charge < -0.3 is 10.6 Å². The fourth-order valence-corrected chi connectivity index (χ4v) is 5.34. The SMILES string of the molecule is O=C(C[C@@H]1C(=O)Nc2ccccc2N1S(=O)(=O)c1ccccc1F)NCCc1ccncc1. The lowest BCUT2D eigenvalue weighted by molar-refractivity contribution is -0.125. The van der Waals surface area contributed by atoms with Gasteiger partial charge in [0.05, 0.1) is 17.8 Å². The highest BCUT2D eigenvalue weighted by Gasteiger charge is 2.42. The molecule has 1 atom stereocenters. The molecule has 8 nitrogen and oxygen atoms in total. The van der Waals surface area contributed by atoms with E-state index in [1.54, 1.807) is 30.6 Å². The zero-order valence-electron chi connectivity index (χ0n) is 17.4. The van der Waals surface area contributed by atoms with Crippen LogP contribution in [0.15, 0.2) is 78.0 Å². The number of para-hydroxylation sites is 2. The van der Waals surface area contributed by atoms with E-state index in [4.69, 9.17) is 0 Å². The summed E-state index contributed by atoms with van der Waals surface area (Å²) in [4.78, 5) is 28.9. The molecular weight excluding hydrogens is 447 g/mol. The summed E-state index contributed by atoms with van der Waals surface area (Å²) >= 11 is 0. The van der Waals surface area contributed by atoms with Gasteiger partial charge in [-0.2, -0.15) is 0 Å². The summed E-state index contributed by atoms with van der Waals surface area (Å²) in [6.07, 6.45) is 3.41. The van der Waals surface area contributed by atoms with Crippen molar-refractivity contribution in [3.05, 3.63) is 84.4 Å². The average Bonchev–Trinajstić information content (AvgIpc) is 2.80. The Balaban J connectivity index is 1.61. The van der Waals surface area contributed by atoms with Gasteiger partial charge in [0.25, 0.3) is 10.0 Å². The third kappa shape index (κ3) is 4.70. The second-order valence-electron chi connectivity index (χ2n) is 7.41. The molecule has 10 heteroatoms. The largest absolute Gasteiger partial charge is 0.356 e. The first-order valence-electron chi connectivity index (χ1n) is 10.2. The molecule has 3 aromatic rings. The number of benzene rings is 2. The molecule has 33 heavy (non-hydrogen) atoms. The zero-order valence-corrected chi connectivity index (χ0v) is 18.3. The van der Waals surface area contributed by atoms with Gasteiger partial charge in [-0.3, -0.25) is 18.9 Å². The minimum absolute atomic E-state index is 0.162. The van der Waals surface area contributed by atoms with Crippen molar-refractivity contribution in [1.29, 1.82) is 0 Å². The molecule has 0 bridgehead atoms. The number of sulfonamides is 1. The second kappa shape index (κ2) is 9.37. The van der Waals surface area contributed by atoms with Gasteiger partial charge in [0.1, 0.15) is 16.8 Å². The highest BCUT2D eigenvalue weighted by Crippen LogP contribution is 2.37. The Bertz CT molecular complexity index is 1280. The topological polar surface area (TPSA) is 108 Å². The minimum atomic E-state index is -4.49. The Morgan fingerprint density at radius 3 is 2.52 bits per heavy atom. The summed E-state index contributed by atoms with van der Waals surface area (Å²) in [5.74, 6) is -2.11. The number of amides is 2. The molecule has 2 amide bonds. The maximum atomic E-state index is 14.4. The molecule has 4 rings (SSSR count). The standard InChI is InChI=1S/C23H21FN4O4S/c24-17-5-1-4-8-21(17)33(31,32)28-19-7-3-2-6-18(19)27-23(30)20(28)15-22(29)26-14-11-16-9-12-25-13-10-16/h1-10,12-13,20H,11,14-15H2,(H,26,29)(H,27,30)/t20-/m1/s1. The van der Waals surface area contributed by atoms with Crippen LogP contribution in [0.2, 0.25) is 0 Å². The summed E-state index contributed by atoms with van der Waals surface area (Å²) in [6, 6.07) is 13.5. The molecule has 0 fully saturated rings. The number of nitrogens with zero attached hydrogens (tertiary/aromatic N) is 2. The predicted octanol–water partition coefficient (Wildman–Crippen LogP) is 2.49. The van der Waals surface area contributed by atoms with E-state index in [0.717, 1.165) is 22.0 Å². The molecule has 2 N–H and O–H groups in total. The molecule has 0 aliphatic carbocycles. The molecule has 2 aromatic carbocycles. The Labute approximate surface area is 190 Å². The lowest BCUT2D eigenvalue weighted by Crippen LogP contribution is -2.53. The van der Waals surface area contributed by atoms with E-state index < -0.39 is 45.0 Å². The van der Waals surface area contributed by atoms with Gasteiger partial charge in [-0.1, -0.05) is 24.3 Å². The highest BCUT2D eigenvalue weighted by molar-refractivity contribution is 7.93. The van der Waals surface area contributed by atoms with Crippen molar-refractivity contribution in [2.45, 2.75) is 23.8 Å². The van der Waals surface area contributed by atoms with Crippen LogP contribution in [0.5, 0.6) is 0 Å². The van der Waals surface area contributed by atoms with Crippen molar-refractivity contribution < 1.29 is 22.4 Å². The zero-order chi connectivity index (χ0) is 23.4. The van der Waals surface area contributed by atoms with E-state index in [0.29, 0.717) is 13.0 Å². The minimum Gasteiger partial charge on any atom is -0.356 e. The molecular formula is C23H21FN4O4S. The molecule has 0 spiro atoms. The van der Waals surface area contributed by atoms with E-state index in [-0.39, 0.29) is 11.4 Å². The van der Waals surface area contributed by atoms with E-state index in [1.807, 2.05) is 12.1 Å². The number of pyridine rings is 1. The molecule has 1 aliphatic heterocycles. The number of carbonyl (C=O) groups excluding carboxylic acids is 2. The Hall–Kier alpha value is -3.79. The number of nitrogens with one attached hydrogen (secondary N) is 2. The Morgan fingerprint density at radius 1 is 1.06 bits per heavy atom. The highest BCUT2D eigenvalue weighted by atomic mass is 32.2. The molecule has 0 unspecified atom stereocenters. The monoisotopic (exact) mass is 468 g/mol. The number of hydrogen-bond acceptors (Lipinski definition) is 5. The van der Waals surface area contributed by atoms with Gasteiger partial charge in [0.15, 0.2) is 0 Å². The van der Waals surface area contributed by atoms with Crippen LogP contribution in [0.4, 0.5) is 15.8 Å². The molecule has 0 saturated carbocycles. The van der Waals surface area contributed by atoms with Gasteiger partial charge in [-0.15, -0.1) is 0 Å². The van der Waals surface area contributed by atoms with Crippen LogP contribution < -0.4 is 14.9 Å². The van der Waals surface area contributed by atoms with Gasteiger partial charge in [0, 0.05) is 18.9 Å². The third-order valence-corrected chi connectivity index (χ3v) is 7.08. The first kappa shape index (κ1) is 22.4. The van der Waals surface area contributed by atoms with Crippen molar-refractivity contribution in [1.82, 2.24) is 10.3 Å². The summed E-state index contributed by atoms with van der Waals surface area (Å²) < 4.78 is 42.2. The molecule has 2 heterocycles. The van der Waals surface area contributed by atoms with E-state index >= 15 is 0 Å². The maximum Gasteiger partial charge on any atom is 0.268 e. The first-order chi connectivity index (χ1) is 15.9. The van der Waals surface area contributed by atoms with Crippen LogP contribution in [0.3, 0.4) is 0 Å². The van der Waals surface area contributed by atoms with Gasteiger partial charge in [-0.25, -0.2) is 12.8 Å². The summed E-state index contributed by atoms with van der Waals surface area (Å²) in [5.41, 5.74) is 1.39. The summed E-state index contributed by atoms with van der Waals surface area (Å²) in [5, 5.41) is 5.35. The quantitative estimate of drug-likeness (QED) is 0.554. The number of fused-ring (bicyclic) bond motifs is 1. The maximum absolute atomic E-state index is 14.4. The second-order valence-corrected chi connectivity index (χ2v) is 9.20. The Morgan fingerprint density at radius 2 is 1.76 bits per heavy atom. The molecule has 1 aromatic heterocycles. The van der Waals surface area contributed by atoms with E-state index in [2.05, 4.69) is 15.6 Å². The number of carbonyl (C=O) groups is 2. The number of halogens is 1. The van der Waals surface area contributed by atoms with Crippen molar-refractivity contribution in [3.8, 4) is 0 Å². The van der Waals surface area contributed by atoms with E-state index in [9.17, 15) is 22.4 Å². The Kier molecular flexibility index (Phi) is 6.36. The molecule has 0 radical (unpaired) electrons. The van der Waals surface area contributed by atoms with Crippen LogP contribution in [0.25, 0.3) is 0 Å². The normalized spacial score (nSPS) is 15.5. The first-order valence-corrected chi connectivity index (χ1v) is 11.7. The van der Waals surface area contributed by atoms with Crippen LogP contribution in [0.1, 0.15) is 12.0 Å². The third-order valence-electron chi connectivity index (χ3n) is 5.22. The average molecular weight is 469 g/mol. The van der Waals surface area contributed by atoms with Crippen molar-refractivity contribution in [2.24, 2.45) is 0 Å². The molecule has 1 aliphatic rings. The van der Waals surface area contributed by atoms with Crippen LogP contribution in [0, 0.1) is 5.82 Å². The molecule has 170 valence electrons. The van der Waals surface area contributed by atoms with Crippen molar-refractivity contribution >= 4 is 33.2 Å². The number of hydrogen-bond donors (Lipinski definition) is 2. The molecule has 0 saturated heterocycles. The van der Waals surface area contributed by atoms with Crippen LogP contribution >= 0.6 is 0 Å². The number of aromatic nitrogens is 1. The smallest absolute Gasteiger partial charge is 0.268 e. The van der Waals surface area contributed by atoms with Crippen molar-refractivity contribution in [3.63, 3.8) is 0 Å². The van der Waals surface area contributed by atoms with Gasteiger partial charge in [-0.05, 0) is 48.4 Å². The van der Waals surface area contributed by atoms with Crippen LogP contribution in [-0.2, 0) is 26.0 Å². The lowest BCUT2D eigenvalue weighted by atomic mass is 10.1. The predicted molar refractivity (Wildman–Crippen MR) is 120 cm³/mol. The lowest BCUT2D eigenvalue weighted by Gasteiger charge is -2.36. The summed E-state index contributed by atoms with van der Waals surface area (Å²) in [6.45, 7) is 0.299. The number of rotatable bonds is 7. The fourth-order valence-electron chi connectivity index (χ4n) is 3.64. The fraction of sp³-hybridized carbons (Fsp3) is 0.174. The van der Waals surface area contributed by atoms with E-state index in [1.165, 1.54) is 18.2 Å². The van der Waals surface area contributed by atoms with Crippen molar-refractivity contribution in [2.75, 3.05) is 16.2 Å². The van der Waals surface area contributed by atoms with Gasteiger partial charge in [0.2, 0.25) is 11.8 Å². The van der Waals surface area contributed by atoms with Crippen LogP contribution in [-0.4, -0.2) is 37.8 Å². The van der Waals surface area contributed by atoms with Gasteiger partial charge >= 0.3 is 0 Å². The number of anilines is 2. The summed E-state index contributed by atoms with van der Waals surface area (Å²) in [7, 11) is -4.49.